The number of nitrogens with zero attached hydrogens (tertiary/aromatic N) is 3. The number of rotatable bonds is 0. The second kappa shape index (κ2) is 4.29. The molecule has 9 nitrogen and oxygen atoms in total. The average molecular weight is 227 g/mol. The van der Waals surface area contributed by atoms with Gasteiger partial charge in [-0.3, -0.25) is 9.59 Å². The summed E-state index contributed by atoms with van der Waals surface area (Å²) in [5.74, 6) is -1.11. The van der Waals surface area contributed by atoms with Crippen molar-refractivity contribution < 1.29 is 15.1 Å². The molecule has 0 aliphatic carbocycles. The van der Waals surface area contributed by atoms with Crippen molar-refractivity contribution in [3.63, 3.8) is 0 Å². The Morgan fingerprint density at radius 1 is 1.62 bits per heavy atom. The van der Waals surface area contributed by atoms with Crippen LogP contribution in [0.5, 0.6) is 0 Å². The lowest BCUT2D eigenvalue weighted by atomic mass is 10.5. The van der Waals surface area contributed by atoms with Crippen molar-refractivity contribution in [3.8, 4) is 0 Å². The van der Waals surface area contributed by atoms with Crippen LogP contribution < -0.4 is 11.3 Å². The largest absolute Gasteiger partial charge is 0.481 e. The van der Waals surface area contributed by atoms with E-state index in [4.69, 9.17) is 20.8 Å². The van der Waals surface area contributed by atoms with E-state index >= 15 is 0 Å². The van der Waals surface area contributed by atoms with Crippen LogP contribution in [0.1, 0.15) is 6.92 Å². The van der Waals surface area contributed by atoms with Crippen molar-refractivity contribution in [2.45, 2.75) is 6.92 Å². The van der Waals surface area contributed by atoms with Crippen LogP contribution in [0.15, 0.2) is 11.1 Å². The molecule has 0 aliphatic rings. The molecular weight excluding hydrogens is 218 g/mol. The lowest BCUT2D eigenvalue weighted by Crippen LogP contribution is -2.22. The number of anilines is 1. The molecule has 0 bridgehead atoms. The smallest absolute Gasteiger partial charge is 0.313 e. The Kier molecular flexibility index (Phi) is 3.09. The van der Waals surface area contributed by atoms with Crippen molar-refractivity contribution in [1.82, 2.24) is 19.7 Å². The molecule has 0 spiro atoms. The minimum atomic E-state index is -0.833. The zero-order valence-electron chi connectivity index (χ0n) is 8.21. The number of nitrogen functional groups attached to an aromatic ring is 1. The van der Waals surface area contributed by atoms with Crippen LogP contribution in [-0.4, -0.2) is 36.0 Å². The van der Waals surface area contributed by atoms with Gasteiger partial charge in [-0.1, -0.05) is 0 Å². The molecule has 9 heteroatoms. The van der Waals surface area contributed by atoms with Crippen molar-refractivity contribution in [1.29, 1.82) is 0 Å². The first-order valence-corrected chi connectivity index (χ1v) is 4.04. The fraction of sp³-hybridized carbons (Fsp3) is 0.143. The summed E-state index contributed by atoms with van der Waals surface area (Å²) in [4.78, 5) is 30.0. The number of imidazole rings is 1. The molecule has 2 aromatic heterocycles. The second-order valence-electron chi connectivity index (χ2n) is 2.71. The molecule has 0 radical (unpaired) electrons. The van der Waals surface area contributed by atoms with Crippen LogP contribution in [-0.2, 0) is 4.79 Å². The Labute approximate surface area is 88.1 Å². The first-order valence-electron chi connectivity index (χ1n) is 4.04. The van der Waals surface area contributed by atoms with Crippen LogP contribution in [0.25, 0.3) is 11.2 Å². The van der Waals surface area contributed by atoms with E-state index in [2.05, 4.69) is 15.0 Å². The predicted octanol–water partition coefficient (Wildman–Crippen LogP) is -0.970. The molecule has 2 rings (SSSR count). The zero-order chi connectivity index (χ0) is 12.3. The van der Waals surface area contributed by atoms with E-state index in [0.717, 1.165) is 6.92 Å². The van der Waals surface area contributed by atoms with Crippen molar-refractivity contribution >= 4 is 23.1 Å². The summed E-state index contributed by atoms with van der Waals surface area (Å²) in [6.45, 7) is 1.08. The highest BCUT2D eigenvalue weighted by atomic mass is 16.5. The first kappa shape index (κ1) is 11.5. The van der Waals surface area contributed by atoms with Gasteiger partial charge in [-0.25, -0.2) is 4.98 Å². The molecule has 5 N–H and O–H groups in total. The highest BCUT2D eigenvalue weighted by Gasteiger charge is 2.08. The van der Waals surface area contributed by atoms with Crippen molar-refractivity contribution in [2.75, 3.05) is 5.73 Å². The standard InChI is InChI=1S/C5H5N5O2.C2H4O2/c6-5-9-3-2(7-1-8-3)4(11)10(5)12;1-2(3)4/h1,12H,(H2,6,9)(H,7,8);1H3,(H,3,4). The second-order valence-corrected chi connectivity index (χ2v) is 2.71. The van der Waals surface area contributed by atoms with Crippen LogP contribution >= 0.6 is 0 Å². The van der Waals surface area contributed by atoms with Gasteiger partial charge >= 0.3 is 5.56 Å². The highest BCUT2D eigenvalue weighted by Crippen LogP contribution is 2.01. The average Bonchev–Trinajstić information content (AvgIpc) is 2.61. The number of hydrogen-bond donors (Lipinski definition) is 4. The summed E-state index contributed by atoms with van der Waals surface area (Å²) in [7, 11) is 0. The van der Waals surface area contributed by atoms with E-state index in [1.165, 1.54) is 6.33 Å². The number of hydrogen-bond acceptors (Lipinski definition) is 6. The Balaban J connectivity index is 0.000000280. The van der Waals surface area contributed by atoms with Gasteiger partial charge in [0.1, 0.15) is 0 Å². The van der Waals surface area contributed by atoms with Gasteiger partial charge < -0.3 is 21.0 Å². The summed E-state index contributed by atoms with van der Waals surface area (Å²) in [6, 6.07) is 0. The van der Waals surface area contributed by atoms with Gasteiger partial charge in [-0.2, -0.15) is 4.98 Å². The minimum absolute atomic E-state index is 0.131. The summed E-state index contributed by atoms with van der Waals surface area (Å²) in [6.07, 6.45) is 1.30. The van der Waals surface area contributed by atoms with Gasteiger partial charge in [0.05, 0.1) is 6.33 Å². The molecule has 2 heterocycles. The van der Waals surface area contributed by atoms with E-state index in [0.29, 0.717) is 0 Å². The van der Waals surface area contributed by atoms with E-state index in [9.17, 15) is 4.79 Å². The summed E-state index contributed by atoms with van der Waals surface area (Å²) < 4.78 is 0.264. The number of aromatic nitrogens is 4. The van der Waals surface area contributed by atoms with Crippen LogP contribution in [0.3, 0.4) is 0 Å². The molecule has 0 saturated carbocycles. The number of nitrogens with one attached hydrogen (secondary N) is 1. The molecule has 16 heavy (non-hydrogen) atoms. The molecule has 0 aromatic carbocycles. The Morgan fingerprint density at radius 2 is 2.19 bits per heavy atom. The minimum Gasteiger partial charge on any atom is -0.481 e. The predicted molar refractivity (Wildman–Crippen MR) is 53.1 cm³/mol. The summed E-state index contributed by atoms with van der Waals surface area (Å²) in [5, 5.41) is 16.4. The number of H-pyrrole nitrogens is 1. The number of carboxylic acid groups (broad SMARTS) is 1. The van der Waals surface area contributed by atoms with Crippen LogP contribution in [0.4, 0.5) is 5.95 Å². The monoisotopic (exact) mass is 227 g/mol. The third-order valence-electron chi connectivity index (χ3n) is 1.46. The topological polar surface area (TPSA) is 147 Å². The molecule has 0 aliphatic heterocycles. The number of aliphatic carboxylic acids is 1. The number of aromatic amines is 1. The molecule has 0 amide bonds. The Morgan fingerprint density at radius 3 is 2.75 bits per heavy atom. The first-order chi connectivity index (χ1) is 7.43. The van der Waals surface area contributed by atoms with Gasteiger partial charge in [0.2, 0.25) is 5.95 Å². The third-order valence-corrected chi connectivity index (χ3v) is 1.46. The maximum Gasteiger partial charge on any atom is 0.313 e. The van der Waals surface area contributed by atoms with E-state index in [-0.39, 0.29) is 21.8 Å². The van der Waals surface area contributed by atoms with E-state index in [1.54, 1.807) is 0 Å². The van der Waals surface area contributed by atoms with Crippen LogP contribution in [0, 0.1) is 0 Å². The molecule has 0 atom stereocenters. The molecule has 2 aromatic rings. The summed E-state index contributed by atoms with van der Waals surface area (Å²) >= 11 is 0. The maximum atomic E-state index is 11.1. The molecule has 0 unspecified atom stereocenters. The Hall–Kier alpha value is -2.58. The lowest BCUT2D eigenvalue weighted by Gasteiger charge is -1.97. The third kappa shape index (κ3) is 2.26. The number of carbonyl (C=O) groups is 1. The Bertz CT molecular complexity index is 568. The molecular formula is C7H9N5O4. The highest BCUT2D eigenvalue weighted by molar-refractivity contribution is 5.69. The van der Waals surface area contributed by atoms with Crippen molar-refractivity contribution in [3.05, 3.63) is 16.7 Å². The molecule has 86 valence electrons. The number of fused-ring (bicyclic) bond motifs is 1. The van der Waals surface area contributed by atoms with Gasteiger partial charge in [0, 0.05) is 6.92 Å². The van der Waals surface area contributed by atoms with Crippen LogP contribution in [0.2, 0.25) is 0 Å². The van der Waals surface area contributed by atoms with Crippen molar-refractivity contribution in [2.24, 2.45) is 0 Å². The van der Waals surface area contributed by atoms with Gasteiger partial charge in [0.15, 0.2) is 11.2 Å². The van der Waals surface area contributed by atoms with E-state index in [1.807, 2.05) is 0 Å². The number of nitrogens with two attached hydrogens (primary N) is 1. The van der Waals surface area contributed by atoms with Gasteiger partial charge in [-0.05, 0) is 0 Å². The zero-order valence-corrected chi connectivity index (χ0v) is 8.21. The fourth-order valence-electron chi connectivity index (χ4n) is 0.895. The quantitative estimate of drug-likeness (QED) is 0.423. The van der Waals surface area contributed by atoms with Gasteiger partial charge in [-0.15, -0.1) is 4.73 Å². The lowest BCUT2D eigenvalue weighted by molar-refractivity contribution is -0.134. The normalized spacial score (nSPS) is 9.56. The molecule has 0 saturated heterocycles. The fourth-order valence-corrected chi connectivity index (χ4v) is 0.895. The SMILES string of the molecule is CC(=O)O.Nc1nc2nc[nH]c2c(=O)n1O. The van der Waals surface area contributed by atoms with Gasteiger partial charge in [0.25, 0.3) is 5.97 Å². The molecule has 0 fully saturated rings. The maximum absolute atomic E-state index is 11.1. The summed E-state index contributed by atoms with van der Waals surface area (Å²) in [5.41, 5.74) is 4.86. The van der Waals surface area contributed by atoms with E-state index < -0.39 is 11.5 Å². The number of carboxylic acids is 1.